The van der Waals surface area contributed by atoms with E-state index in [9.17, 15) is 4.79 Å². The fourth-order valence-corrected chi connectivity index (χ4v) is 3.88. The van der Waals surface area contributed by atoms with Gasteiger partial charge in [-0.05, 0) is 24.3 Å². The van der Waals surface area contributed by atoms with Crippen molar-refractivity contribution < 1.29 is 18.9 Å². The van der Waals surface area contributed by atoms with Gasteiger partial charge in [0.1, 0.15) is 25.6 Å². The van der Waals surface area contributed by atoms with E-state index in [-0.39, 0.29) is 5.56 Å². The standard InChI is InChI=1S/C22H22ClN3O5/c23-15-1-3-16(4-2-15)29-10-7-26-18-14-20-19(30-11-12-31-20)13-17(18)24-21(22(26)27)25-5-8-28-9-6-25/h1-4,13-14H,5-12H2. The molecule has 5 rings (SSSR count). The van der Waals surface area contributed by atoms with Gasteiger partial charge in [-0.2, -0.15) is 0 Å². The van der Waals surface area contributed by atoms with Gasteiger partial charge < -0.3 is 28.4 Å². The Balaban J connectivity index is 1.51. The monoisotopic (exact) mass is 443 g/mol. The third-order valence-corrected chi connectivity index (χ3v) is 5.55. The number of morpholine rings is 1. The first kappa shape index (κ1) is 20.0. The molecule has 1 aromatic heterocycles. The van der Waals surface area contributed by atoms with Crippen molar-refractivity contribution in [2.75, 3.05) is 51.0 Å². The van der Waals surface area contributed by atoms with Gasteiger partial charge in [-0.1, -0.05) is 11.6 Å². The molecule has 31 heavy (non-hydrogen) atoms. The van der Waals surface area contributed by atoms with E-state index in [1.54, 1.807) is 28.8 Å². The average Bonchev–Trinajstić information content (AvgIpc) is 2.81. The summed E-state index contributed by atoms with van der Waals surface area (Å²) >= 11 is 5.93. The Hall–Kier alpha value is -2.97. The molecule has 0 radical (unpaired) electrons. The van der Waals surface area contributed by atoms with Gasteiger partial charge in [-0.25, -0.2) is 4.98 Å². The molecule has 3 aromatic rings. The molecule has 0 spiro atoms. The zero-order valence-electron chi connectivity index (χ0n) is 16.9. The van der Waals surface area contributed by atoms with E-state index < -0.39 is 0 Å². The van der Waals surface area contributed by atoms with Gasteiger partial charge in [-0.3, -0.25) is 4.79 Å². The van der Waals surface area contributed by atoms with Crippen LogP contribution < -0.4 is 24.7 Å². The van der Waals surface area contributed by atoms with Gasteiger partial charge in [0.25, 0.3) is 5.56 Å². The van der Waals surface area contributed by atoms with Crippen molar-refractivity contribution in [3.8, 4) is 17.2 Å². The van der Waals surface area contributed by atoms with Gasteiger partial charge in [0.2, 0.25) is 0 Å². The summed E-state index contributed by atoms with van der Waals surface area (Å²) in [4.78, 5) is 20.1. The number of anilines is 1. The second kappa shape index (κ2) is 8.64. The molecule has 162 valence electrons. The average molecular weight is 444 g/mol. The van der Waals surface area contributed by atoms with E-state index in [2.05, 4.69) is 4.98 Å². The fourth-order valence-electron chi connectivity index (χ4n) is 3.75. The van der Waals surface area contributed by atoms with E-state index in [0.717, 1.165) is 0 Å². The Labute approximate surface area is 183 Å². The highest BCUT2D eigenvalue weighted by Gasteiger charge is 2.22. The topological polar surface area (TPSA) is 75.1 Å². The van der Waals surface area contributed by atoms with Crippen LogP contribution in [0.4, 0.5) is 5.82 Å². The molecule has 1 saturated heterocycles. The minimum absolute atomic E-state index is 0.161. The lowest BCUT2D eigenvalue weighted by Crippen LogP contribution is -2.41. The van der Waals surface area contributed by atoms with Gasteiger partial charge in [0.05, 0.1) is 30.8 Å². The maximum absolute atomic E-state index is 13.4. The van der Waals surface area contributed by atoms with Crippen molar-refractivity contribution in [1.29, 1.82) is 0 Å². The minimum Gasteiger partial charge on any atom is -0.492 e. The first-order valence-electron chi connectivity index (χ1n) is 10.2. The molecular weight excluding hydrogens is 422 g/mol. The molecule has 9 heteroatoms. The normalized spacial score (nSPS) is 15.8. The fraction of sp³-hybridized carbons (Fsp3) is 0.364. The summed E-state index contributed by atoms with van der Waals surface area (Å²) in [7, 11) is 0. The van der Waals surface area contributed by atoms with Gasteiger partial charge >= 0.3 is 0 Å². The first-order valence-corrected chi connectivity index (χ1v) is 10.6. The van der Waals surface area contributed by atoms with Crippen LogP contribution in [0.3, 0.4) is 0 Å². The molecule has 1 fully saturated rings. The Bertz CT molecular complexity index is 1140. The van der Waals surface area contributed by atoms with Crippen LogP contribution in [0.2, 0.25) is 5.02 Å². The highest BCUT2D eigenvalue weighted by molar-refractivity contribution is 6.30. The summed E-state index contributed by atoms with van der Waals surface area (Å²) in [6.45, 7) is 4.03. The van der Waals surface area contributed by atoms with Crippen LogP contribution in [0, 0.1) is 0 Å². The maximum Gasteiger partial charge on any atom is 0.294 e. The van der Waals surface area contributed by atoms with Crippen LogP contribution in [-0.2, 0) is 11.3 Å². The molecule has 0 unspecified atom stereocenters. The van der Waals surface area contributed by atoms with Crippen molar-refractivity contribution in [3.63, 3.8) is 0 Å². The van der Waals surface area contributed by atoms with Crippen molar-refractivity contribution in [1.82, 2.24) is 9.55 Å². The van der Waals surface area contributed by atoms with E-state index in [1.165, 1.54) is 0 Å². The summed E-state index contributed by atoms with van der Waals surface area (Å²) in [6, 6.07) is 10.8. The molecule has 3 heterocycles. The molecule has 8 nitrogen and oxygen atoms in total. The lowest BCUT2D eigenvalue weighted by molar-refractivity contribution is 0.122. The van der Waals surface area contributed by atoms with Crippen LogP contribution in [0.15, 0.2) is 41.2 Å². The van der Waals surface area contributed by atoms with Crippen molar-refractivity contribution in [2.45, 2.75) is 6.54 Å². The zero-order valence-corrected chi connectivity index (χ0v) is 17.6. The third kappa shape index (κ3) is 4.13. The number of aromatic nitrogens is 2. The smallest absolute Gasteiger partial charge is 0.294 e. The largest absolute Gasteiger partial charge is 0.492 e. The number of rotatable bonds is 5. The first-order chi connectivity index (χ1) is 15.2. The maximum atomic E-state index is 13.4. The zero-order chi connectivity index (χ0) is 21.2. The lowest BCUT2D eigenvalue weighted by Gasteiger charge is -2.28. The van der Waals surface area contributed by atoms with E-state index in [1.807, 2.05) is 17.0 Å². The molecule has 0 amide bonds. The third-order valence-electron chi connectivity index (χ3n) is 5.30. The van der Waals surface area contributed by atoms with Crippen LogP contribution in [0.25, 0.3) is 11.0 Å². The summed E-state index contributed by atoms with van der Waals surface area (Å²) in [5.41, 5.74) is 1.20. The van der Waals surface area contributed by atoms with Crippen molar-refractivity contribution >= 4 is 28.5 Å². The molecular formula is C22H22ClN3O5. The van der Waals surface area contributed by atoms with E-state index in [0.29, 0.717) is 91.8 Å². The lowest BCUT2D eigenvalue weighted by atomic mass is 10.2. The number of ether oxygens (including phenoxy) is 4. The minimum atomic E-state index is -0.161. The number of halogens is 1. The number of nitrogens with zero attached hydrogens (tertiary/aromatic N) is 3. The highest BCUT2D eigenvalue weighted by Crippen LogP contribution is 2.34. The Morgan fingerprint density at radius 3 is 2.45 bits per heavy atom. The molecule has 0 aliphatic carbocycles. The van der Waals surface area contributed by atoms with Gasteiger partial charge in [0, 0.05) is 30.2 Å². The van der Waals surface area contributed by atoms with Crippen LogP contribution in [0.1, 0.15) is 0 Å². The summed E-state index contributed by atoms with van der Waals surface area (Å²) < 4.78 is 24.4. The van der Waals surface area contributed by atoms with Crippen molar-refractivity contribution in [2.24, 2.45) is 0 Å². The molecule has 0 atom stereocenters. The summed E-state index contributed by atoms with van der Waals surface area (Å²) in [6.07, 6.45) is 0. The van der Waals surface area contributed by atoms with Crippen LogP contribution in [-0.4, -0.2) is 55.7 Å². The Morgan fingerprint density at radius 1 is 1.00 bits per heavy atom. The summed E-state index contributed by atoms with van der Waals surface area (Å²) in [5, 5.41) is 0.644. The molecule has 2 aliphatic rings. The quantitative estimate of drug-likeness (QED) is 0.600. The van der Waals surface area contributed by atoms with E-state index in [4.69, 9.17) is 30.5 Å². The number of fused-ring (bicyclic) bond motifs is 2. The van der Waals surface area contributed by atoms with Crippen LogP contribution >= 0.6 is 11.6 Å². The summed E-state index contributed by atoms with van der Waals surface area (Å²) in [5.74, 6) is 2.37. The molecule has 2 aliphatic heterocycles. The Morgan fingerprint density at radius 2 is 1.71 bits per heavy atom. The Kier molecular flexibility index (Phi) is 5.57. The highest BCUT2D eigenvalue weighted by atomic mass is 35.5. The number of benzene rings is 2. The van der Waals surface area contributed by atoms with Gasteiger partial charge in [-0.15, -0.1) is 0 Å². The molecule has 2 aromatic carbocycles. The molecule has 0 bridgehead atoms. The second-order valence-electron chi connectivity index (χ2n) is 7.28. The molecule has 0 N–H and O–H groups in total. The predicted molar refractivity (Wildman–Crippen MR) is 117 cm³/mol. The van der Waals surface area contributed by atoms with Crippen molar-refractivity contribution in [3.05, 3.63) is 51.8 Å². The number of hydrogen-bond donors (Lipinski definition) is 0. The SMILES string of the molecule is O=c1c(N2CCOCC2)nc2cc3c(cc2n1CCOc1ccc(Cl)cc1)OCCO3. The van der Waals surface area contributed by atoms with Gasteiger partial charge in [0.15, 0.2) is 17.3 Å². The number of hydrogen-bond acceptors (Lipinski definition) is 7. The van der Waals surface area contributed by atoms with E-state index >= 15 is 0 Å². The van der Waals surface area contributed by atoms with Crippen LogP contribution in [0.5, 0.6) is 17.2 Å². The predicted octanol–water partition coefficient (Wildman–Crippen LogP) is 2.74. The second-order valence-corrected chi connectivity index (χ2v) is 7.72. The molecule has 0 saturated carbocycles.